The van der Waals surface area contributed by atoms with Crippen LogP contribution in [0.5, 0.6) is 0 Å². The molecule has 1 aromatic carbocycles. The van der Waals surface area contributed by atoms with E-state index < -0.39 is 9.84 Å². The summed E-state index contributed by atoms with van der Waals surface area (Å²) in [5.41, 5.74) is 1.34. The van der Waals surface area contributed by atoms with Crippen LogP contribution in [-0.4, -0.2) is 42.7 Å². The highest BCUT2D eigenvalue weighted by Crippen LogP contribution is 2.12. The van der Waals surface area contributed by atoms with Gasteiger partial charge in [0.25, 0.3) is 5.91 Å². The van der Waals surface area contributed by atoms with Gasteiger partial charge in [-0.15, -0.1) is 0 Å². The summed E-state index contributed by atoms with van der Waals surface area (Å²) in [5.74, 6) is -0.175. The Labute approximate surface area is 117 Å². The maximum absolute atomic E-state index is 12.2. The number of rotatable bonds is 4. The van der Waals surface area contributed by atoms with Crippen molar-refractivity contribution in [2.75, 3.05) is 13.3 Å². The number of carbonyl (C=O) groups excluding carboxylic acids is 1. The van der Waals surface area contributed by atoms with Crippen molar-refractivity contribution >= 4 is 15.7 Å². The second kappa shape index (κ2) is 5.46. The highest BCUT2D eigenvalue weighted by molar-refractivity contribution is 7.90. The van der Waals surface area contributed by atoms with Crippen LogP contribution in [0, 0.1) is 0 Å². The molecule has 0 bridgehead atoms. The molecule has 0 radical (unpaired) electrons. The van der Waals surface area contributed by atoms with Gasteiger partial charge in [0.1, 0.15) is 0 Å². The Morgan fingerprint density at radius 1 is 1.30 bits per heavy atom. The van der Waals surface area contributed by atoms with Gasteiger partial charge in [-0.05, 0) is 24.3 Å². The van der Waals surface area contributed by atoms with E-state index in [0.29, 0.717) is 12.1 Å². The molecule has 2 aromatic rings. The molecule has 0 aliphatic rings. The third kappa shape index (κ3) is 3.24. The van der Waals surface area contributed by atoms with Gasteiger partial charge in [0.05, 0.1) is 11.1 Å². The molecule has 0 aliphatic heterocycles. The van der Waals surface area contributed by atoms with Gasteiger partial charge in [-0.3, -0.25) is 9.89 Å². The predicted octanol–water partition coefficient (Wildman–Crippen LogP) is 1.09. The zero-order chi connectivity index (χ0) is 14.8. The van der Waals surface area contributed by atoms with Crippen molar-refractivity contribution in [1.82, 2.24) is 15.1 Å². The van der Waals surface area contributed by atoms with E-state index in [1.165, 1.54) is 24.3 Å². The van der Waals surface area contributed by atoms with Crippen molar-refractivity contribution in [3.63, 3.8) is 0 Å². The fourth-order valence-electron chi connectivity index (χ4n) is 1.77. The second-order valence-corrected chi connectivity index (χ2v) is 6.58. The molecular formula is C13H15N3O3S. The van der Waals surface area contributed by atoms with E-state index in [0.717, 1.165) is 11.8 Å². The fraction of sp³-hybridized carbons (Fsp3) is 0.231. The summed E-state index contributed by atoms with van der Waals surface area (Å²) in [6, 6.07) is 5.91. The van der Waals surface area contributed by atoms with E-state index in [-0.39, 0.29) is 10.8 Å². The van der Waals surface area contributed by atoms with Gasteiger partial charge in [0, 0.05) is 37.2 Å². The van der Waals surface area contributed by atoms with Crippen LogP contribution in [0.25, 0.3) is 0 Å². The molecule has 2 rings (SSSR count). The van der Waals surface area contributed by atoms with Crippen LogP contribution in [0.2, 0.25) is 0 Å². The quantitative estimate of drug-likeness (QED) is 0.914. The lowest BCUT2D eigenvalue weighted by atomic mass is 10.2. The highest BCUT2D eigenvalue weighted by atomic mass is 32.2. The van der Waals surface area contributed by atoms with Crippen molar-refractivity contribution in [3.05, 3.63) is 47.8 Å². The van der Waals surface area contributed by atoms with Crippen molar-refractivity contribution in [2.45, 2.75) is 11.4 Å². The van der Waals surface area contributed by atoms with Gasteiger partial charge in [-0.1, -0.05) is 0 Å². The molecule has 0 fully saturated rings. The normalized spacial score (nSPS) is 11.3. The molecule has 1 N–H and O–H groups in total. The smallest absolute Gasteiger partial charge is 0.253 e. The Bertz CT molecular complexity index is 691. The topological polar surface area (TPSA) is 83.1 Å². The Morgan fingerprint density at radius 2 is 1.95 bits per heavy atom. The summed E-state index contributed by atoms with van der Waals surface area (Å²) in [4.78, 5) is 13.9. The number of nitrogens with zero attached hydrogens (tertiary/aromatic N) is 2. The summed E-state index contributed by atoms with van der Waals surface area (Å²) in [5, 5.41) is 6.50. The SMILES string of the molecule is CN(Cc1cn[nH]c1)C(=O)c1ccc(S(C)(=O)=O)cc1. The van der Waals surface area contributed by atoms with E-state index in [9.17, 15) is 13.2 Å². The molecule has 7 heteroatoms. The number of nitrogens with one attached hydrogen (secondary N) is 1. The molecule has 20 heavy (non-hydrogen) atoms. The first-order valence-corrected chi connectivity index (χ1v) is 7.80. The third-order valence-corrected chi connectivity index (χ3v) is 3.98. The molecule has 106 valence electrons. The standard InChI is InChI=1S/C13H15N3O3S/c1-16(9-10-7-14-15-8-10)13(17)11-3-5-12(6-4-11)20(2,18)19/h3-8H,9H2,1-2H3,(H,14,15). The van der Waals surface area contributed by atoms with Crippen LogP contribution in [0.15, 0.2) is 41.6 Å². The molecular weight excluding hydrogens is 278 g/mol. The molecule has 0 atom stereocenters. The Morgan fingerprint density at radius 3 is 2.45 bits per heavy atom. The average Bonchev–Trinajstić information content (AvgIpc) is 2.90. The number of hydrogen-bond donors (Lipinski definition) is 1. The molecule has 0 saturated carbocycles. The minimum atomic E-state index is -3.24. The first-order chi connectivity index (χ1) is 9.38. The highest BCUT2D eigenvalue weighted by Gasteiger charge is 2.14. The number of hydrogen-bond acceptors (Lipinski definition) is 4. The third-order valence-electron chi connectivity index (χ3n) is 2.85. The number of amides is 1. The molecule has 1 aromatic heterocycles. The number of H-pyrrole nitrogens is 1. The van der Waals surface area contributed by atoms with Crippen LogP contribution >= 0.6 is 0 Å². The lowest BCUT2D eigenvalue weighted by Crippen LogP contribution is -2.26. The minimum Gasteiger partial charge on any atom is -0.337 e. The molecule has 0 spiro atoms. The van der Waals surface area contributed by atoms with Crippen LogP contribution in [0.4, 0.5) is 0 Å². The van der Waals surface area contributed by atoms with Crippen molar-refractivity contribution in [1.29, 1.82) is 0 Å². The van der Waals surface area contributed by atoms with Crippen LogP contribution in [0.3, 0.4) is 0 Å². The van der Waals surface area contributed by atoms with E-state index in [4.69, 9.17) is 0 Å². The summed E-state index contributed by atoms with van der Waals surface area (Å²) in [6.07, 6.45) is 4.50. The van der Waals surface area contributed by atoms with E-state index in [1.54, 1.807) is 24.3 Å². The van der Waals surface area contributed by atoms with Gasteiger partial charge in [0.15, 0.2) is 9.84 Å². The lowest BCUT2D eigenvalue weighted by molar-refractivity contribution is 0.0785. The first kappa shape index (κ1) is 14.3. The van der Waals surface area contributed by atoms with Gasteiger partial charge < -0.3 is 4.90 Å². The molecule has 0 unspecified atom stereocenters. The minimum absolute atomic E-state index is 0.175. The number of benzene rings is 1. The number of aromatic nitrogens is 2. The number of sulfone groups is 1. The van der Waals surface area contributed by atoms with Gasteiger partial charge in [-0.25, -0.2) is 8.42 Å². The fourth-order valence-corrected chi connectivity index (χ4v) is 2.41. The molecule has 6 nitrogen and oxygen atoms in total. The maximum Gasteiger partial charge on any atom is 0.253 e. The monoisotopic (exact) mass is 293 g/mol. The van der Waals surface area contributed by atoms with E-state index in [1.807, 2.05) is 0 Å². The van der Waals surface area contributed by atoms with Crippen molar-refractivity contribution in [2.24, 2.45) is 0 Å². The molecule has 1 amide bonds. The maximum atomic E-state index is 12.2. The Hall–Kier alpha value is -2.15. The predicted molar refractivity (Wildman–Crippen MR) is 73.9 cm³/mol. The Kier molecular flexibility index (Phi) is 3.89. The molecule has 1 heterocycles. The number of aromatic amines is 1. The lowest BCUT2D eigenvalue weighted by Gasteiger charge is -2.16. The van der Waals surface area contributed by atoms with Crippen molar-refractivity contribution in [3.8, 4) is 0 Å². The van der Waals surface area contributed by atoms with E-state index in [2.05, 4.69) is 10.2 Å². The zero-order valence-corrected chi connectivity index (χ0v) is 12.0. The molecule has 0 saturated heterocycles. The Balaban J connectivity index is 2.13. The van der Waals surface area contributed by atoms with E-state index >= 15 is 0 Å². The summed E-state index contributed by atoms with van der Waals surface area (Å²) >= 11 is 0. The van der Waals surface area contributed by atoms with Gasteiger partial charge >= 0.3 is 0 Å². The van der Waals surface area contributed by atoms with Gasteiger partial charge in [-0.2, -0.15) is 5.10 Å². The molecule has 0 aliphatic carbocycles. The number of carbonyl (C=O) groups is 1. The summed E-state index contributed by atoms with van der Waals surface area (Å²) in [6.45, 7) is 0.434. The van der Waals surface area contributed by atoms with Crippen LogP contribution < -0.4 is 0 Å². The van der Waals surface area contributed by atoms with Crippen LogP contribution in [0.1, 0.15) is 15.9 Å². The average molecular weight is 293 g/mol. The summed E-state index contributed by atoms with van der Waals surface area (Å²) < 4.78 is 22.7. The largest absolute Gasteiger partial charge is 0.337 e. The van der Waals surface area contributed by atoms with Crippen molar-refractivity contribution < 1.29 is 13.2 Å². The van der Waals surface area contributed by atoms with Crippen LogP contribution in [-0.2, 0) is 16.4 Å². The zero-order valence-electron chi connectivity index (χ0n) is 11.2. The summed E-state index contributed by atoms with van der Waals surface area (Å²) in [7, 11) is -1.56. The first-order valence-electron chi connectivity index (χ1n) is 5.91. The van der Waals surface area contributed by atoms with Gasteiger partial charge in [0.2, 0.25) is 0 Å². The second-order valence-electron chi connectivity index (χ2n) is 4.56.